The molecule has 2 atom stereocenters. The number of aromatic amines is 1. The third-order valence-corrected chi connectivity index (χ3v) is 3.02. The third-order valence-electron chi connectivity index (χ3n) is 3.02. The molecule has 2 unspecified atom stereocenters. The van der Waals surface area contributed by atoms with Gasteiger partial charge in [-0.15, -0.1) is 24.8 Å². The second-order valence-corrected chi connectivity index (χ2v) is 4.32. The number of aromatic nitrogens is 2. The van der Waals surface area contributed by atoms with E-state index < -0.39 is 0 Å². The molecule has 1 aromatic heterocycles. The van der Waals surface area contributed by atoms with E-state index in [4.69, 9.17) is 0 Å². The molecule has 0 spiro atoms. The molecule has 18 heavy (non-hydrogen) atoms. The Bertz CT molecular complexity index is 345. The molecule has 1 amide bonds. The summed E-state index contributed by atoms with van der Waals surface area (Å²) in [6.07, 6.45) is 4.22. The molecule has 104 valence electrons. The highest BCUT2D eigenvalue weighted by Crippen LogP contribution is 2.08. The summed E-state index contributed by atoms with van der Waals surface area (Å²) in [4.78, 5) is 11.7. The van der Waals surface area contributed by atoms with Crippen LogP contribution < -0.4 is 10.6 Å². The first-order valence-corrected chi connectivity index (χ1v) is 5.76. The molecule has 1 aliphatic rings. The Hall–Kier alpha value is -0.780. The molecule has 7 heteroatoms. The van der Waals surface area contributed by atoms with Crippen molar-refractivity contribution >= 4 is 30.7 Å². The van der Waals surface area contributed by atoms with Gasteiger partial charge in [0.25, 0.3) is 0 Å². The van der Waals surface area contributed by atoms with Crippen molar-refractivity contribution in [2.75, 3.05) is 6.54 Å². The number of piperidine rings is 1. The van der Waals surface area contributed by atoms with Crippen LogP contribution in [-0.4, -0.2) is 34.7 Å². The molecule has 0 bridgehead atoms. The molecular weight excluding hydrogens is 275 g/mol. The molecule has 5 nitrogen and oxygen atoms in total. The maximum atomic E-state index is 11.7. The van der Waals surface area contributed by atoms with Crippen LogP contribution in [0.15, 0.2) is 12.3 Å². The number of amides is 1. The van der Waals surface area contributed by atoms with E-state index in [1.807, 2.05) is 6.07 Å². The molecule has 0 aromatic carbocycles. The smallest absolute Gasteiger partial charge is 0.226 e. The maximum Gasteiger partial charge on any atom is 0.226 e. The number of halogens is 2. The van der Waals surface area contributed by atoms with Gasteiger partial charge in [0.15, 0.2) is 0 Å². The lowest BCUT2D eigenvalue weighted by molar-refractivity contribution is -0.121. The Kier molecular flexibility index (Phi) is 7.98. The van der Waals surface area contributed by atoms with E-state index in [9.17, 15) is 4.79 Å². The summed E-state index contributed by atoms with van der Waals surface area (Å²) in [6, 6.07) is 2.44. The lowest BCUT2D eigenvalue weighted by atomic mass is 10.00. The molecule has 1 aliphatic heterocycles. The van der Waals surface area contributed by atoms with E-state index in [0.717, 1.165) is 25.1 Å². The van der Waals surface area contributed by atoms with Crippen molar-refractivity contribution in [2.24, 2.45) is 0 Å². The van der Waals surface area contributed by atoms with Gasteiger partial charge in [0, 0.05) is 24.0 Å². The van der Waals surface area contributed by atoms with E-state index in [1.165, 1.54) is 0 Å². The van der Waals surface area contributed by atoms with Crippen LogP contribution in [0.25, 0.3) is 0 Å². The highest BCUT2D eigenvalue weighted by molar-refractivity contribution is 5.85. The Labute approximate surface area is 119 Å². The van der Waals surface area contributed by atoms with Gasteiger partial charge in [-0.2, -0.15) is 5.10 Å². The standard InChI is InChI=1S/C11H18N4O.2ClH/c1-8-10(3-2-5-12-8)14-11(16)7-9-4-6-13-15-9;;/h4,6,8,10,12H,2-3,5,7H2,1H3,(H,13,15)(H,14,16);2*1H. The second-order valence-electron chi connectivity index (χ2n) is 4.32. The van der Waals surface area contributed by atoms with Gasteiger partial charge in [0.2, 0.25) is 5.91 Å². The average molecular weight is 295 g/mol. The van der Waals surface area contributed by atoms with E-state index >= 15 is 0 Å². The minimum absolute atomic E-state index is 0. The number of H-pyrrole nitrogens is 1. The van der Waals surface area contributed by atoms with Crippen LogP contribution in [0.2, 0.25) is 0 Å². The van der Waals surface area contributed by atoms with Crippen LogP contribution in [0, 0.1) is 0 Å². The average Bonchev–Trinajstić information content (AvgIpc) is 2.74. The van der Waals surface area contributed by atoms with E-state index in [-0.39, 0.29) is 36.8 Å². The van der Waals surface area contributed by atoms with Crippen molar-refractivity contribution in [1.29, 1.82) is 0 Å². The third kappa shape index (κ3) is 4.84. The van der Waals surface area contributed by atoms with Crippen molar-refractivity contribution in [3.8, 4) is 0 Å². The zero-order chi connectivity index (χ0) is 11.4. The SMILES string of the molecule is CC1NCCCC1NC(=O)Cc1ccn[nH]1.Cl.Cl. The number of carbonyl (C=O) groups is 1. The number of carbonyl (C=O) groups excluding carboxylic acids is 1. The first-order chi connectivity index (χ1) is 7.75. The fourth-order valence-corrected chi connectivity index (χ4v) is 2.06. The molecule has 1 saturated heterocycles. The van der Waals surface area contributed by atoms with Gasteiger partial charge in [-0.05, 0) is 32.4 Å². The number of nitrogens with zero attached hydrogens (tertiary/aromatic N) is 1. The highest BCUT2D eigenvalue weighted by Gasteiger charge is 2.22. The van der Waals surface area contributed by atoms with E-state index in [0.29, 0.717) is 12.5 Å². The molecule has 2 heterocycles. The zero-order valence-electron chi connectivity index (χ0n) is 10.3. The van der Waals surface area contributed by atoms with Crippen LogP contribution >= 0.6 is 24.8 Å². The number of hydrogen-bond acceptors (Lipinski definition) is 3. The topological polar surface area (TPSA) is 69.8 Å². The minimum Gasteiger partial charge on any atom is -0.351 e. The maximum absolute atomic E-state index is 11.7. The summed E-state index contributed by atoms with van der Waals surface area (Å²) in [7, 11) is 0. The molecule has 2 rings (SSSR count). The minimum atomic E-state index is 0. The van der Waals surface area contributed by atoms with Gasteiger partial charge >= 0.3 is 0 Å². The van der Waals surface area contributed by atoms with Gasteiger partial charge in [0.1, 0.15) is 0 Å². The largest absolute Gasteiger partial charge is 0.351 e. The van der Waals surface area contributed by atoms with Crippen molar-refractivity contribution in [1.82, 2.24) is 20.8 Å². The van der Waals surface area contributed by atoms with Gasteiger partial charge in [-0.3, -0.25) is 9.89 Å². The normalized spacial score (nSPS) is 22.5. The number of rotatable bonds is 3. The molecule has 3 N–H and O–H groups in total. The highest BCUT2D eigenvalue weighted by atomic mass is 35.5. The van der Waals surface area contributed by atoms with E-state index in [1.54, 1.807) is 6.20 Å². The molecule has 1 fully saturated rings. The van der Waals surface area contributed by atoms with E-state index in [2.05, 4.69) is 27.8 Å². The van der Waals surface area contributed by atoms with Crippen molar-refractivity contribution < 1.29 is 4.79 Å². The number of hydrogen-bond donors (Lipinski definition) is 3. The Morgan fingerprint density at radius 3 is 2.94 bits per heavy atom. The summed E-state index contributed by atoms with van der Waals surface area (Å²) in [5, 5.41) is 13.0. The van der Waals surface area contributed by atoms with Crippen molar-refractivity contribution in [3.63, 3.8) is 0 Å². The van der Waals surface area contributed by atoms with Gasteiger partial charge in [0.05, 0.1) is 6.42 Å². The summed E-state index contributed by atoms with van der Waals surface area (Å²) in [5.74, 6) is 0.0600. The first kappa shape index (κ1) is 17.2. The lowest BCUT2D eigenvalue weighted by Crippen LogP contribution is -2.52. The monoisotopic (exact) mass is 294 g/mol. The molecule has 0 saturated carbocycles. The van der Waals surface area contributed by atoms with Crippen LogP contribution in [0.1, 0.15) is 25.5 Å². The summed E-state index contributed by atoms with van der Waals surface area (Å²) >= 11 is 0. The van der Waals surface area contributed by atoms with Crippen LogP contribution in [0.3, 0.4) is 0 Å². The summed E-state index contributed by atoms with van der Waals surface area (Å²) in [5.41, 5.74) is 0.855. The molecule has 0 radical (unpaired) electrons. The van der Waals surface area contributed by atoms with Crippen LogP contribution in [-0.2, 0) is 11.2 Å². The first-order valence-electron chi connectivity index (χ1n) is 5.76. The van der Waals surface area contributed by atoms with Crippen molar-refractivity contribution in [2.45, 2.75) is 38.3 Å². The Morgan fingerprint density at radius 1 is 1.56 bits per heavy atom. The van der Waals surface area contributed by atoms with Crippen LogP contribution in [0.4, 0.5) is 0 Å². The molecule has 1 aromatic rings. The number of nitrogens with one attached hydrogen (secondary N) is 3. The Morgan fingerprint density at radius 2 is 2.33 bits per heavy atom. The fourth-order valence-electron chi connectivity index (χ4n) is 2.06. The molecular formula is C11H20Cl2N4O. The summed E-state index contributed by atoms with van der Waals surface area (Å²) in [6.45, 7) is 3.16. The summed E-state index contributed by atoms with van der Waals surface area (Å²) < 4.78 is 0. The lowest BCUT2D eigenvalue weighted by Gasteiger charge is -2.30. The van der Waals surface area contributed by atoms with Gasteiger partial charge < -0.3 is 10.6 Å². The second kappa shape index (κ2) is 8.34. The van der Waals surface area contributed by atoms with Crippen LogP contribution in [0.5, 0.6) is 0 Å². The molecule has 0 aliphatic carbocycles. The van der Waals surface area contributed by atoms with Gasteiger partial charge in [-0.25, -0.2) is 0 Å². The van der Waals surface area contributed by atoms with Gasteiger partial charge in [-0.1, -0.05) is 0 Å². The fraction of sp³-hybridized carbons (Fsp3) is 0.636. The van der Waals surface area contributed by atoms with Crippen molar-refractivity contribution in [3.05, 3.63) is 18.0 Å². The zero-order valence-corrected chi connectivity index (χ0v) is 11.9. The predicted molar refractivity (Wildman–Crippen MR) is 75.4 cm³/mol. The quantitative estimate of drug-likeness (QED) is 0.781. The Balaban J connectivity index is 0.00000144. The predicted octanol–water partition coefficient (Wildman–Crippen LogP) is 1.05.